The van der Waals surface area contributed by atoms with Gasteiger partial charge in [0.05, 0.1) is 24.4 Å². The van der Waals surface area contributed by atoms with E-state index in [1.807, 2.05) is 10.6 Å². The van der Waals surface area contributed by atoms with Crippen molar-refractivity contribution in [3.05, 3.63) is 47.4 Å². The Labute approximate surface area is 159 Å². The van der Waals surface area contributed by atoms with Crippen LogP contribution in [0, 0.1) is 5.82 Å². The minimum Gasteiger partial charge on any atom is -0.465 e. The van der Waals surface area contributed by atoms with E-state index in [4.69, 9.17) is 21.1 Å². The van der Waals surface area contributed by atoms with Crippen LogP contribution in [0.4, 0.5) is 4.39 Å². The number of morpholine rings is 1. The van der Waals surface area contributed by atoms with E-state index in [0.717, 1.165) is 6.41 Å². The lowest BCUT2D eigenvalue weighted by Crippen LogP contribution is -2.47. The fraction of sp³-hybridized carbons (Fsp3) is 0.263. The molecule has 2 atom stereocenters. The minimum atomic E-state index is -0.558. The van der Waals surface area contributed by atoms with Crippen LogP contribution in [0.15, 0.2) is 36.4 Å². The molecule has 0 bridgehead atoms. The molecule has 2 unspecified atom stereocenters. The summed E-state index contributed by atoms with van der Waals surface area (Å²) in [7, 11) is 0. The van der Waals surface area contributed by atoms with E-state index in [-0.39, 0.29) is 5.82 Å². The quantitative estimate of drug-likeness (QED) is 0.500. The Balaban J connectivity index is 1.71. The molecule has 1 aromatic carbocycles. The Morgan fingerprint density at radius 2 is 2.19 bits per heavy atom. The molecule has 138 valence electrons. The summed E-state index contributed by atoms with van der Waals surface area (Å²) in [5.74, 6) is 0.225. The van der Waals surface area contributed by atoms with E-state index >= 15 is 0 Å². The molecular weight excluding hydrogens is 373 g/mol. The van der Waals surface area contributed by atoms with Crippen molar-refractivity contribution in [2.45, 2.75) is 12.3 Å². The second-order valence-corrected chi connectivity index (χ2v) is 6.96. The zero-order valence-corrected chi connectivity index (χ0v) is 14.9. The van der Waals surface area contributed by atoms with Gasteiger partial charge in [-0.1, -0.05) is 17.7 Å². The summed E-state index contributed by atoms with van der Waals surface area (Å²) in [4.78, 5) is 17.3. The first-order valence-corrected chi connectivity index (χ1v) is 8.97. The molecule has 27 heavy (non-hydrogen) atoms. The zero-order chi connectivity index (χ0) is 18.5. The molecule has 0 saturated carbocycles. The van der Waals surface area contributed by atoms with Crippen LogP contribution in [0.1, 0.15) is 6.23 Å². The van der Waals surface area contributed by atoms with Crippen LogP contribution in [0.25, 0.3) is 22.3 Å². The van der Waals surface area contributed by atoms with Crippen LogP contribution in [-0.2, 0) is 9.53 Å². The Morgan fingerprint density at radius 3 is 3.04 bits per heavy atom. The van der Waals surface area contributed by atoms with Gasteiger partial charge >= 0.3 is 0 Å². The number of hydrogen-bond donors (Lipinski definition) is 0. The highest BCUT2D eigenvalue weighted by molar-refractivity contribution is 6.29. The molecule has 1 amide bonds. The summed E-state index contributed by atoms with van der Waals surface area (Å²) in [5, 5.41) is 0.799. The van der Waals surface area contributed by atoms with E-state index in [1.165, 1.54) is 6.07 Å². The fourth-order valence-corrected chi connectivity index (χ4v) is 3.91. The summed E-state index contributed by atoms with van der Waals surface area (Å²) in [6.07, 6.45) is -0.148. The van der Waals surface area contributed by atoms with Gasteiger partial charge in [0, 0.05) is 11.9 Å². The van der Waals surface area contributed by atoms with Gasteiger partial charge in [0.25, 0.3) is 0 Å². The molecule has 1 fully saturated rings. The standard InChI is InChI=1S/C19H15ClFN3O3/c20-17-5-4-15-18(22-17)14-8-11-12(21)2-1-3-13(11)24(14)19(27-15)16-9-23(10-25)6-7-26-16/h1-5,8,10,16,19H,6-7,9H2. The van der Waals surface area contributed by atoms with Crippen molar-refractivity contribution < 1.29 is 18.7 Å². The minimum absolute atomic E-state index is 0.323. The van der Waals surface area contributed by atoms with Crippen molar-refractivity contribution in [1.82, 2.24) is 14.5 Å². The monoisotopic (exact) mass is 387 g/mol. The van der Waals surface area contributed by atoms with Crippen LogP contribution in [-0.4, -0.2) is 46.7 Å². The predicted molar refractivity (Wildman–Crippen MR) is 97.2 cm³/mol. The Bertz CT molecular complexity index is 1050. The zero-order valence-electron chi connectivity index (χ0n) is 14.1. The van der Waals surface area contributed by atoms with Crippen molar-refractivity contribution in [2.75, 3.05) is 19.7 Å². The molecule has 0 spiro atoms. The topological polar surface area (TPSA) is 56.6 Å². The van der Waals surface area contributed by atoms with Gasteiger partial charge in [-0.15, -0.1) is 0 Å². The molecule has 2 aliphatic heterocycles. The molecule has 3 aromatic rings. The largest absolute Gasteiger partial charge is 0.465 e. The maximum Gasteiger partial charge on any atom is 0.209 e. The summed E-state index contributed by atoms with van der Waals surface area (Å²) < 4.78 is 28.4. The Hall–Kier alpha value is -2.64. The average molecular weight is 388 g/mol. The molecule has 1 saturated heterocycles. The number of nitrogens with zero attached hydrogens (tertiary/aromatic N) is 3. The summed E-state index contributed by atoms with van der Waals surface area (Å²) in [6, 6.07) is 10.0. The van der Waals surface area contributed by atoms with Crippen molar-refractivity contribution in [2.24, 2.45) is 0 Å². The van der Waals surface area contributed by atoms with Gasteiger partial charge in [-0.25, -0.2) is 9.37 Å². The van der Waals surface area contributed by atoms with Crippen molar-refractivity contribution in [3.8, 4) is 17.1 Å². The van der Waals surface area contributed by atoms with Crippen LogP contribution in [0.2, 0.25) is 5.15 Å². The molecule has 2 aliphatic rings. The third kappa shape index (κ3) is 2.57. The second kappa shape index (κ2) is 6.21. The van der Waals surface area contributed by atoms with Crippen LogP contribution >= 0.6 is 11.6 Å². The molecule has 5 rings (SSSR count). The molecule has 6 nitrogen and oxygen atoms in total. The lowest BCUT2D eigenvalue weighted by atomic mass is 10.1. The van der Waals surface area contributed by atoms with E-state index in [1.54, 1.807) is 29.2 Å². The molecule has 0 radical (unpaired) electrons. The van der Waals surface area contributed by atoms with Crippen molar-refractivity contribution >= 4 is 28.9 Å². The summed E-state index contributed by atoms with van der Waals surface area (Å²) in [5.41, 5.74) is 1.93. The number of aromatic nitrogens is 2. The van der Waals surface area contributed by atoms with Gasteiger partial charge in [0.1, 0.15) is 28.5 Å². The number of rotatable bonds is 2. The number of carbonyl (C=O) groups is 1. The van der Waals surface area contributed by atoms with Crippen molar-refractivity contribution in [1.29, 1.82) is 0 Å². The third-order valence-electron chi connectivity index (χ3n) is 4.99. The van der Waals surface area contributed by atoms with Crippen LogP contribution in [0.5, 0.6) is 5.75 Å². The van der Waals surface area contributed by atoms with Gasteiger partial charge in [-0.05, 0) is 30.3 Å². The highest BCUT2D eigenvalue weighted by atomic mass is 35.5. The predicted octanol–water partition coefficient (Wildman–Crippen LogP) is 3.24. The lowest BCUT2D eigenvalue weighted by Gasteiger charge is -2.38. The Morgan fingerprint density at radius 1 is 1.30 bits per heavy atom. The van der Waals surface area contributed by atoms with Gasteiger partial charge in [-0.3, -0.25) is 4.79 Å². The normalized spacial score (nSPS) is 21.5. The number of halogens is 2. The molecule has 0 aliphatic carbocycles. The molecule has 2 aromatic heterocycles. The second-order valence-electron chi connectivity index (χ2n) is 6.57. The van der Waals surface area contributed by atoms with Gasteiger partial charge in [0.2, 0.25) is 12.6 Å². The average Bonchev–Trinajstić information content (AvgIpc) is 3.09. The number of pyridine rings is 1. The van der Waals surface area contributed by atoms with Crippen LogP contribution < -0.4 is 4.74 Å². The van der Waals surface area contributed by atoms with E-state index in [0.29, 0.717) is 52.9 Å². The molecule has 4 heterocycles. The number of hydrogen-bond acceptors (Lipinski definition) is 4. The highest BCUT2D eigenvalue weighted by Gasteiger charge is 2.37. The molecular formula is C19H15ClFN3O3. The van der Waals surface area contributed by atoms with Gasteiger partial charge < -0.3 is 18.9 Å². The number of fused-ring (bicyclic) bond motifs is 5. The number of ether oxygens (including phenoxy) is 2. The number of carbonyl (C=O) groups excluding carboxylic acids is 1. The SMILES string of the molecule is O=CN1CCOC(C2Oc3ccc(Cl)nc3-c3cc4c(F)cccc4n32)C1. The number of benzene rings is 1. The maximum atomic E-state index is 14.4. The first-order valence-electron chi connectivity index (χ1n) is 8.59. The van der Waals surface area contributed by atoms with E-state index in [2.05, 4.69) is 4.98 Å². The lowest BCUT2D eigenvalue weighted by molar-refractivity contribution is -0.135. The van der Waals surface area contributed by atoms with Gasteiger partial charge in [0.15, 0.2) is 0 Å². The van der Waals surface area contributed by atoms with E-state index < -0.39 is 12.3 Å². The molecule has 0 N–H and O–H groups in total. The van der Waals surface area contributed by atoms with E-state index in [9.17, 15) is 9.18 Å². The summed E-state index contributed by atoms with van der Waals surface area (Å²) in [6.45, 7) is 1.34. The summed E-state index contributed by atoms with van der Waals surface area (Å²) >= 11 is 6.08. The maximum absolute atomic E-state index is 14.4. The highest BCUT2D eigenvalue weighted by Crippen LogP contribution is 2.43. The Kier molecular flexibility index (Phi) is 3.80. The van der Waals surface area contributed by atoms with Crippen LogP contribution in [0.3, 0.4) is 0 Å². The number of amides is 1. The van der Waals surface area contributed by atoms with Gasteiger partial charge in [-0.2, -0.15) is 0 Å². The molecule has 8 heteroatoms. The first kappa shape index (κ1) is 16.5. The smallest absolute Gasteiger partial charge is 0.209 e. The first-order chi connectivity index (χ1) is 13.2. The van der Waals surface area contributed by atoms with Crippen molar-refractivity contribution in [3.63, 3.8) is 0 Å². The fourth-order valence-electron chi connectivity index (χ4n) is 3.76. The third-order valence-corrected chi connectivity index (χ3v) is 5.20.